The third-order valence-corrected chi connectivity index (χ3v) is 4.11. The molecular weight excluding hydrogens is 360 g/mol. The monoisotopic (exact) mass is 376 g/mol. The van der Waals surface area contributed by atoms with Crippen LogP contribution in [0.4, 0.5) is 17.3 Å². The molecule has 134 valence electrons. The van der Waals surface area contributed by atoms with E-state index in [1.807, 2.05) is 72.8 Å². The molecular formula is C21H17ClN4O. The number of nitrogens with zero attached hydrogens (tertiary/aromatic N) is 2. The molecule has 27 heavy (non-hydrogen) atoms. The quantitative estimate of drug-likeness (QED) is 0.449. The number of halogens is 1. The van der Waals surface area contributed by atoms with Crippen LogP contribution in [0, 0.1) is 0 Å². The molecule has 2 aromatic heterocycles. The van der Waals surface area contributed by atoms with Gasteiger partial charge in [0.1, 0.15) is 17.4 Å². The van der Waals surface area contributed by atoms with Gasteiger partial charge in [-0.25, -0.2) is 9.97 Å². The number of benzene rings is 2. The van der Waals surface area contributed by atoms with Crippen molar-refractivity contribution >= 4 is 28.9 Å². The van der Waals surface area contributed by atoms with E-state index in [2.05, 4.69) is 20.6 Å². The Labute approximate surface area is 162 Å². The Hall–Kier alpha value is -3.31. The largest absolute Gasteiger partial charge is 0.467 e. The highest BCUT2D eigenvalue weighted by molar-refractivity contribution is 6.30. The van der Waals surface area contributed by atoms with Crippen molar-refractivity contribution in [1.29, 1.82) is 0 Å². The number of nitrogens with one attached hydrogen (secondary N) is 2. The molecule has 0 bridgehead atoms. The van der Waals surface area contributed by atoms with Gasteiger partial charge in [0, 0.05) is 22.3 Å². The van der Waals surface area contributed by atoms with Crippen molar-refractivity contribution in [3.05, 3.63) is 89.8 Å². The van der Waals surface area contributed by atoms with Crippen LogP contribution in [0.5, 0.6) is 0 Å². The van der Waals surface area contributed by atoms with E-state index in [0.29, 0.717) is 29.0 Å². The van der Waals surface area contributed by atoms with E-state index in [1.165, 1.54) is 0 Å². The van der Waals surface area contributed by atoms with Gasteiger partial charge in [0.15, 0.2) is 5.82 Å². The van der Waals surface area contributed by atoms with Gasteiger partial charge < -0.3 is 15.1 Å². The molecule has 6 heteroatoms. The van der Waals surface area contributed by atoms with Crippen LogP contribution < -0.4 is 10.6 Å². The molecule has 0 aliphatic heterocycles. The first-order valence-corrected chi connectivity index (χ1v) is 8.87. The Bertz CT molecular complexity index is 1020. The lowest BCUT2D eigenvalue weighted by atomic mass is 10.2. The Morgan fingerprint density at radius 2 is 1.70 bits per heavy atom. The molecule has 0 saturated heterocycles. The maximum absolute atomic E-state index is 6.08. The first kappa shape index (κ1) is 17.1. The van der Waals surface area contributed by atoms with Crippen molar-refractivity contribution < 1.29 is 4.42 Å². The molecule has 5 nitrogen and oxygen atoms in total. The van der Waals surface area contributed by atoms with E-state index in [-0.39, 0.29) is 0 Å². The highest BCUT2D eigenvalue weighted by atomic mass is 35.5. The zero-order chi connectivity index (χ0) is 18.5. The Morgan fingerprint density at radius 1 is 0.852 bits per heavy atom. The summed E-state index contributed by atoms with van der Waals surface area (Å²) in [4.78, 5) is 9.28. The summed E-state index contributed by atoms with van der Waals surface area (Å²) in [5.41, 5.74) is 1.80. The van der Waals surface area contributed by atoms with Gasteiger partial charge in [0.2, 0.25) is 0 Å². The minimum Gasteiger partial charge on any atom is -0.467 e. The summed E-state index contributed by atoms with van der Waals surface area (Å²) in [5.74, 6) is 2.83. The molecule has 4 rings (SSSR count). The summed E-state index contributed by atoms with van der Waals surface area (Å²) in [6, 6.07) is 23.0. The first-order chi connectivity index (χ1) is 13.3. The molecule has 0 aliphatic rings. The Kier molecular flexibility index (Phi) is 5.03. The van der Waals surface area contributed by atoms with Crippen molar-refractivity contribution in [2.45, 2.75) is 6.54 Å². The topological polar surface area (TPSA) is 63.0 Å². The SMILES string of the molecule is Clc1cccc(Nc2cc(NCc3ccco3)nc(-c3ccccc3)n2)c1. The zero-order valence-electron chi connectivity index (χ0n) is 14.4. The second-order valence-electron chi connectivity index (χ2n) is 5.90. The van der Waals surface area contributed by atoms with Gasteiger partial charge in [-0.2, -0.15) is 0 Å². The fraction of sp³-hybridized carbons (Fsp3) is 0.0476. The first-order valence-electron chi connectivity index (χ1n) is 8.50. The summed E-state index contributed by atoms with van der Waals surface area (Å²) >= 11 is 6.08. The van der Waals surface area contributed by atoms with E-state index in [9.17, 15) is 0 Å². The van der Waals surface area contributed by atoms with E-state index >= 15 is 0 Å². The number of hydrogen-bond acceptors (Lipinski definition) is 5. The summed E-state index contributed by atoms with van der Waals surface area (Å²) in [5, 5.41) is 7.23. The van der Waals surface area contributed by atoms with Crippen LogP contribution in [0.15, 0.2) is 83.5 Å². The van der Waals surface area contributed by atoms with E-state index in [1.54, 1.807) is 6.26 Å². The summed E-state index contributed by atoms with van der Waals surface area (Å²) in [6.45, 7) is 0.537. The van der Waals surface area contributed by atoms with Gasteiger partial charge in [-0.1, -0.05) is 48.0 Å². The minimum atomic E-state index is 0.537. The molecule has 2 N–H and O–H groups in total. The number of rotatable bonds is 6. The van der Waals surface area contributed by atoms with Crippen LogP contribution in [0.1, 0.15) is 5.76 Å². The van der Waals surface area contributed by atoms with Crippen LogP contribution in [0.25, 0.3) is 11.4 Å². The smallest absolute Gasteiger partial charge is 0.163 e. The Balaban J connectivity index is 1.65. The molecule has 2 aromatic carbocycles. The maximum atomic E-state index is 6.08. The van der Waals surface area contributed by atoms with Crippen molar-refractivity contribution in [2.24, 2.45) is 0 Å². The molecule has 4 aromatic rings. The van der Waals surface area contributed by atoms with Gasteiger partial charge >= 0.3 is 0 Å². The predicted octanol–water partition coefficient (Wildman–Crippen LogP) is 5.75. The number of furan rings is 1. The third kappa shape index (κ3) is 4.46. The third-order valence-electron chi connectivity index (χ3n) is 3.88. The molecule has 0 unspecified atom stereocenters. The van der Waals surface area contributed by atoms with Gasteiger partial charge in [0.05, 0.1) is 12.8 Å². The number of aromatic nitrogens is 2. The Morgan fingerprint density at radius 3 is 2.48 bits per heavy atom. The standard InChI is InChI=1S/C21H17ClN4O/c22-16-8-4-9-17(12-16)24-20-13-19(23-14-18-10-5-11-27-18)25-21(26-20)15-6-2-1-3-7-15/h1-13H,14H2,(H2,23,24,25,26). The van der Waals surface area contributed by atoms with Crippen LogP contribution in [0.2, 0.25) is 5.02 Å². The fourth-order valence-electron chi connectivity index (χ4n) is 2.62. The lowest BCUT2D eigenvalue weighted by Crippen LogP contribution is -2.04. The number of hydrogen-bond donors (Lipinski definition) is 2. The maximum Gasteiger partial charge on any atom is 0.163 e. The van der Waals surface area contributed by atoms with Gasteiger partial charge in [-0.05, 0) is 30.3 Å². The lowest BCUT2D eigenvalue weighted by molar-refractivity contribution is 0.518. The minimum absolute atomic E-state index is 0.537. The summed E-state index contributed by atoms with van der Waals surface area (Å²) in [6.07, 6.45) is 1.65. The fourth-order valence-corrected chi connectivity index (χ4v) is 2.81. The van der Waals surface area contributed by atoms with E-state index in [4.69, 9.17) is 16.0 Å². The second-order valence-corrected chi connectivity index (χ2v) is 6.33. The molecule has 0 amide bonds. The number of anilines is 3. The normalized spacial score (nSPS) is 10.6. The van der Waals surface area contributed by atoms with Crippen molar-refractivity contribution in [2.75, 3.05) is 10.6 Å². The average Bonchev–Trinajstić information content (AvgIpc) is 3.21. The summed E-state index contributed by atoms with van der Waals surface area (Å²) in [7, 11) is 0. The predicted molar refractivity (Wildman–Crippen MR) is 108 cm³/mol. The van der Waals surface area contributed by atoms with Crippen molar-refractivity contribution in [1.82, 2.24) is 9.97 Å². The molecule has 0 aliphatic carbocycles. The molecule has 0 radical (unpaired) electrons. The van der Waals surface area contributed by atoms with Gasteiger partial charge in [-0.3, -0.25) is 0 Å². The molecule has 0 saturated carbocycles. The van der Waals surface area contributed by atoms with Gasteiger partial charge in [0.25, 0.3) is 0 Å². The van der Waals surface area contributed by atoms with Crippen LogP contribution >= 0.6 is 11.6 Å². The molecule has 0 fully saturated rings. The van der Waals surface area contributed by atoms with Crippen molar-refractivity contribution in [3.8, 4) is 11.4 Å². The van der Waals surface area contributed by atoms with Crippen LogP contribution in [0.3, 0.4) is 0 Å². The molecule has 0 spiro atoms. The van der Waals surface area contributed by atoms with Crippen molar-refractivity contribution in [3.63, 3.8) is 0 Å². The van der Waals surface area contributed by atoms with E-state index < -0.39 is 0 Å². The second kappa shape index (κ2) is 7.93. The summed E-state index contributed by atoms with van der Waals surface area (Å²) < 4.78 is 5.37. The van der Waals surface area contributed by atoms with E-state index in [0.717, 1.165) is 17.0 Å². The molecule has 2 heterocycles. The average molecular weight is 377 g/mol. The van der Waals surface area contributed by atoms with Gasteiger partial charge in [-0.15, -0.1) is 0 Å². The highest BCUT2D eigenvalue weighted by Crippen LogP contribution is 2.24. The lowest BCUT2D eigenvalue weighted by Gasteiger charge is -2.11. The zero-order valence-corrected chi connectivity index (χ0v) is 15.1. The van der Waals surface area contributed by atoms with Crippen LogP contribution in [-0.4, -0.2) is 9.97 Å². The van der Waals surface area contributed by atoms with Crippen LogP contribution in [-0.2, 0) is 6.54 Å². The highest BCUT2D eigenvalue weighted by Gasteiger charge is 2.08. The molecule has 0 atom stereocenters.